The number of halogens is 1. The Morgan fingerprint density at radius 3 is 2.50 bits per heavy atom. The maximum atomic E-state index is 9.53. The zero-order valence-electron chi connectivity index (χ0n) is 18.3. The Balaban J connectivity index is 1.23. The number of benzene rings is 2. The second kappa shape index (κ2) is 9.05. The lowest BCUT2D eigenvalue weighted by molar-refractivity contribution is 0.0482. The molecule has 0 N–H and O–H groups in total. The summed E-state index contributed by atoms with van der Waals surface area (Å²) in [5.41, 5.74) is 1.72. The summed E-state index contributed by atoms with van der Waals surface area (Å²) >= 11 is 6.30. The lowest BCUT2D eigenvalue weighted by atomic mass is 9.99. The molecule has 2 saturated heterocycles. The Hall–Kier alpha value is -2.68. The molecule has 2 bridgehead atoms. The Morgan fingerprint density at radius 1 is 1.03 bits per heavy atom. The normalized spacial score (nSPS) is 22.7. The van der Waals surface area contributed by atoms with Crippen LogP contribution in [0.3, 0.4) is 0 Å². The van der Waals surface area contributed by atoms with Crippen molar-refractivity contribution >= 4 is 22.5 Å². The molecule has 2 fully saturated rings. The van der Waals surface area contributed by atoms with Crippen LogP contribution >= 0.6 is 11.6 Å². The molecule has 2 aromatic carbocycles. The summed E-state index contributed by atoms with van der Waals surface area (Å²) in [6.07, 6.45) is 7.83. The molecule has 2 aliphatic rings. The van der Waals surface area contributed by atoms with Crippen molar-refractivity contribution in [2.45, 2.75) is 56.8 Å². The SMILES string of the molecule is COc1cccc2c(C#N)cn(CCCN3C4CCC3CC(Oc3ccccc3Cl)C4)c12. The Bertz CT molecular complexity index is 1140. The number of hydrogen-bond acceptors (Lipinski definition) is 4. The van der Waals surface area contributed by atoms with E-state index in [0.717, 1.165) is 54.8 Å². The molecule has 0 aliphatic carbocycles. The van der Waals surface area contributed by atoms with Crippen LogP contribution in [0.1, 0.15) is 37.7 Å². The van der Waals surface area contributed by atoms with Gasteiger partial charge in [0, 0.05) is 36.8 Å². The molecule has 5 nitrogen and oxygen atoms in total. The van der Waals surface area contributed by atoms with Gasteiger partial charge in [0.25, 0.3) is 0 Å². The molecular formula is C26H28ClN3O2. The van der Waals surface area contributed by atoms with E-state index in [1.165, 1.54) is 12.8 Å². The average Bonchev–Trinajstić information content (AvgIpc) is 3.28. The highest BCUT2D eigenvalue weighted by atomic mass is 35.5. The first-order valence-corrected chi connectivity index (χ1v) is 11.8. The van der Waals surface area contributed by atoms with Crippen LogP contribution in [0.4, 0.5) is 0 Å². The number of aromatic nitrogens is 1. The second-order valence-electron chi connectivity index (χ2n) is 8.82. The monoisotopic (exact) mass is 449 g/mol. The summed E-state index contributed by atoms with van der Waals surface area (Å²) in [5.74, 6) is 1.62. The van der Waals surface area contributed by atoms with Crippen molar-refractivity contribution in [3.05, 3.63) is 59.2 Å². The van der Waals surface area contributed by atoms with Gasteiger partial charge >= 0.3 is 0 Å². The molecule has 0 radical (unpaired) electrons. The van der Waals surface area contributed by atoms with Crippen molar-refractivity contribution in [2.24, 2.45) is 0 Å². The van der Waals surface area contributed by atoms with E-state index < -0.39 is 0 Å². The number of methoxy groups -OCH3 is 1. The minimum Gasteiger partial charge on any atom is -0.495 e. The maximum absolute atomic E-state index is 9.53. The minimum atomic E-state index is 0.236. The van der Waals surface area contributed by atoms with Gasteiger partial charge in [-0.2, -0.15) is 5.26 Å². The predicted molar refractivity (Wildman–Crippen MR) is 126 cm³/mol. The van der Waals surface area contributed by atoms with Crippen LogP contribution in [0.5, 0.6) is 11.5 Å². The molecule has 3 aromatic rings. The molecule has 2 unspecified atom stereocenters. The van der Waals surface area contributed by atoms with Crippen molar-refractivity contribution in [2.75, 3.05) is 13.7 Å². The maximum Gasteiger partial charge on any atom is 0.143 e. The number of nitriles is 1. The molecule has 0 saturated carbocycles. The number of fused-ring (bicyclic) bond motifs is 3. The number of piperidine rings is 1. The molecule has 3 heterocycles. The van der Waals surface area contributed by atoms with Gasteiger partial charge in [0.1, 0.15) is 23.7 Å². The number of hydrogen-bond donors (Lipinski definition) is 0. The zero-order chi connectivity index (χ0) is 22.1. The van der Waals surface area contributed by atoms with Gasteiger partial charge in [0.2, 0.25) is 0 Å². The third kappa shape index (κ3) is 3.94. The molecule has 2 atom stereocenters. The van der Waals surface area contributed by atoms with Crippen molar-refractivity contribution < 1.29 is 9.47 Å². The number of aryl methyl sites for hydroxylation is 1. The standard InChI is InChI=1S/C26H28ClN3O2/c1-31-25-9-4-6-22-18(16-28)17-29(26(22)25)12-5-13-30-19-10-11-20(30)15-21(14-19)32-24-8-3-2-7-23(24)27/h2-4,6-9,17,19-21H,5,10-15H2,1H3. The van der Waals surface area contributed by atoms with Crippen LogP contribution < -0.4 is 9.47 Å². The van der Waals surface area contributed by atoms with Gasteiger partial charge in [-0.05, 0) is 50.3 Å². The van der Waals surface area contributed by atoms with Gasteiger partial charge in [0.05, 0.1) is 23.2 Å². The lowest BCUT2D eigenvalue weighted by Gasteiger charge is -2.39. The van der Waals surface area contributed by atoms with Crippen LogP contribution in [0.2, 0.25) is 5.02 Å². The van der Waals surface area contributed by atoms with Crippen molar-refractivity contribution in [3.63, 3.8) is 0 Å². The summed E-state index contributed by atoms with van der Waals surface area (Å²) in [5, 5.41) is 11.2. The van der Waals surface area contributed by atoms with Gasteiger partial charge in [-0.15, -0.1) is 0 Å². The first kappa shape index (κ1) is 21.2. The van der Waals surface area contributed by atoms with Crippen LogP contribution in [-0.4, -0.2) is 41.3 Å². The fraction of sp³-hybridized carbons (Fsp3) is 0.423. The average molecular weight is 450 g/mol. The Kier molecular flexibility index (Phi) is 5.99. The van der Waals surface area contributed by atoms with Crippen LogP contribution in [-0.2, 0) is 6.54 Å². The van der Waals surface area contributed by atoms with E-state index in [1.54, 1.807) is 7.11 Å². The molecule has 0 amide bonds. The van der Waals surface area contributed by atoms with E-state index in [-0.39, 0.29) is 6.10 Å². The van der Waals surface area contributed by atoms with E-state index in [0.29, 0.717) is 22.7 Å². The van der Waals surface area contributed by atoms with E-state index in [9.17, 15) is 5.26 Å². The number of nitrogens with zero attached hydrogens (tertiary/aromatic N) is 3. The third-order valence-corrected chi connectivity index (χ3v) is 7.30. The van der Waals surface area contributed by atoms with Crippen LogP contribution in [0.25, 0.3) is 10.9 Å². The van der Waals surface area contributed by atoms with Gasteiger partial charge < -0.3 is 14.0 Å². The fourth-order valence-corrected chi connectivity index (χ4v) is 5.77. The van der Waals surface area contributed by atoms with E-state index in [2.05, 4.69) is 15.5 Å². The topological polar surface area (TPSA) is 50.4 Å². The summed E-state index contributed by atoms with van der Waals surface area (Å²) in [6, 6.07) is 17.1. The van der Waals surface area contributed by atoms with Crippen LogP contribution in [0.15, 0.2) is 48.7 Å². The summed E-state index contributed by atoms with van der Waals surface area (Å²) in [4.78, 5) is 2.68. The van der Waals surface area contributed by atoms with Gasteiger partial charge in [-0.25, -0.2) is 0 Å². The lowest BCUT2D eigenvalue weighted by Crippen LogP contribution is -2.46. The van der Waals surface area contributed by atoms with Gasteiger partial charge in [-0.3, -0.25) is 4.90 Å². The smallest absolute Gasteiger partial charge is 0.143 e. The highest BCUT2D eigenvalue weighted by Gasteiger charge is 2.41. The van der Waals surface area contributed by atoms with Crippen LogP contribution in [0, 0.1) is 11.3 Å². The largest absolute Gasteiger partial charge is 0.495 e. The molecule has 2 aliphatic heterocycles. The Morgan fingerprint density at radius 2 is 1.78 bits per heavy atom. The molecule has 166 valence electrons. The van der Waals surface area contributed by atoms with Crippen molar-refractivity contribution in [1.29, 1.82) is 5.26 Å². The predicted octanol–water partition coefficient (Wildman–Crippen LogP) is 5.64. The molecule has 1 aromatic heterocycles. The van der Waals surface area contributed by atoms with E-state index in [1.807, 2.05) is 48.7 Å². The highest BCUT2D eigenvalue weighted by molar-refractivity contribution is 6.32. The van der Waals surface area contributed by atoms with Gasteiger partial charge in [0.15, 0.2) is 0 Å². The summed E-state index contributed by atoms with van der Waals surface area (Å²) in [7, 11) is 1.69. The van der Waals surface area contributed by atoms with Gasteiger partial charge in [-0.1, -0.05) is 35.9 Å². The van der Waals surface area contributed by atoms with E-state index in [4.69, 9.17) is 21.1 Å². The summed E-state index contributed by atoms with van der Waals surface area (Å²) < 4.78 is 14.0. The number of ether oxygens (including phenoxy) is 2. The number of rotatable bonds is 7. The molecule has 6 heteroatoms. The Labute approximate surface area is 194 Å². The first-order valence-electron chi connectivity index (χ1n) is 11.4. The molecule has 0 spiro atoms. The third-order valence-electron chi connectivity index (χ3n) is 6.99. The second-order valence-corrected chi connectivity index (χ2v) is 9.23. The molecule has 32 heavy (non-hydrogen) atoms. The van der Waals surface area contributed by atoms with Crippen molar-refractivity contribution in [1.82, 2.24) is 9.47 Å². The highest BCUT2D eigenvalue weighted by Crippen LogP contribution is 2.38. The summed E-state index contributed by atoms with van der Waals surface area (Å²) in [6.45, 7) is 1.93. The molecule has 5 rings (SSSR count). The fourth-order valence-electron chi connectivity index (χ4n) is 5.59. The van der Waals surface area contributed by atoms with Crippen molar-refractivity contribution in [3.8, 4) is 17.6 Å². The quantitative estimate of drug-likeness (QED) is 0.468. The molecular weight excluding hydrogens is 422 g/mol. The van der Waals surface area contributed by atoms with E-state index >= 15 is 0 Å². The first-order chi connectivity index (χ1) is 15.7. The zero-order valence-corrected chi connectivity index (χ0v) is 19.1. The minimum absolute atomic E-state index is 0.236. The number of para-hydroxylation sites is 2.